The molecule has 1 atom stereocenters. The number of alkyl halides is 3. The van der Waals surface area contributed by atoms with Crippen LogP contribution in [-0.4, -0.2) is 28.7 Å². The second-order valence-corrected chi connectivity index (χ2v) is 5.93. The fourth-order valence-electron chi connectivity index (χ4n) is 2.47. The zero-order valence-electron chi connectivity index (χ0n) is 14.1. The van der Waals surface area contributed by atoms with Crippen molar-refractivity contribution in [2.45, 2.75) is 19.1 Å². The molecule has 142 valence electrons. The summed E-state index contributed by atoms with van der Waals surface area (Å²) in [6.45, 7) is 0.278. The second-order valence-electron chi connectivity index (χ2n) is 5.93. The van der Waals surface area contributed by atoms with Gasteiger partial charge in [0.2, 0.25) is 0 Å². The summed E-state index contributed by atoms with van der Waals surface area (Å²) >= 11 is 0. The van der Waals surface area contributed by atoms with E-state index in [0.29, 0.717) is 16.6 Å². The van der Waals surface area contributed by atoms with Crippen LogP contribution < -0.4 is 10.1 Å². The average Bonchev–Trinajstić information content (AvgIpc) is 3.03. The van der Waals surface area contributed by atoms with Crippen molar-refractivity contribution in [2.24, 2.45) is 0 Å². The lowest BCUT2D eigenvalue weighted by Crippen LogP contribution is -2.27. The van der Waals surface area contributed by atoms with E-state index < -0.39 is 30.5 Å². The van der Waals surface area contributed by atoms with E-state index in [1.807, 2.05) is 0 Å². The number of ether oxygens (including phenoxy) is 1. The summed E-state index contributed by atoms with van der Waals surface area (Å²) in [7, 11) is 0. The molecule has 5 nitrogen and oxygen atoms in total. The Morgan fingerprint density at radius 3 is 2.70 bits per heavy atom. The Bertz CT molecular complexity index is 951. The van der Waals surface area contributed by atoms with Crippen LogP contribution in [0.3, 0.4) is 0 Å². The lowest BCUT2D eigenvalue weighted by molar-refractivity contribution is -0.153. The van der Waals surface area contributed by atoms with Gasteiger partial charge in [0.1, 0.15) is 17.3 Å². The van der Waals surface area contributed by atoms with Crippen LogP contribution in [0.25, 0.3) is 10.9 Å². The zero-order valence-corrected chi connectivity index (χ0v) is 14.1. The number of carbonyl (C=O) groups excluding carboxylic acids is 1. The number of fused-ring (bicyclic) bond motifs is 1. The van der Waals surface area contributed by atoms with Crippen molar-refractivity contribution in [1.82, 2.24) is 15.3 Å². The standard InChI is InChI=1S/C18H15F4N3O2/c1-10(14-5-3-13(8-23-14)27-9-18(20,21)22)24-17(26)16-7-11-6-12(19)2-4-15(11)25-16/h2-8,10,25H,9H2,1H3,(H,24,26)/t10-/m1/s1. The van der Waals surface area contributed by atoms with Crippen molar-refractivity contribution < 1.29 is 27.1 Å². The third kappa shape index (κ3) is 4.75. The maximum absolute atomic E-state index is 13.2. The quantitative estimate of drug-likeness (QED) is 0.653. The monoisotopic (exact) mass is 381 g/mol. The zero-order chi connectivity index (χ0) is 19.6. The highest BCUT2D eigenvalue weighted by Gasteiger charge is 2.28. The molecule has 9 heteroatoms. The number of hydrogen-bond donors (Lipinski definition) is 2. The van der Waals surface area contributed by atoms with Crippen molar-refractivity contribution in [3.8, 4) is 5.75 Å². The first-order valence-corrected chi connectivity index (χ1v) is 7.96. The molecule has 1 amide bonds. The molecule has 0 unspecified atom stereocenters. The van der Waals surface area contributed by atoms with Crippen LogP contribution in [0.15, 0.2) is 42.6 Å². The summed E-state index contributed by atoms with van der Waals surface area (Å²) < 4.78 is 54.2. The number of H-pyrrole nitrogens is 1. The third-order valence-corrected chi connectivity index (χ3v) is 3.78. The highest BCUT2D eigenvalue weighted by molar-refractivity contribution is 5.98. The van der Waals surface area contributed by atoms with Crippen molar-refractivity contribution in [3.63, 3.8) is 0 Å². The highest BCUT2D eigenvalue weighted by Crippen LogP contribution is 2.20. The molecule has 0 bridgehead atoms. The van der Waals surface area contributed by atoms with E-state index >= 15 is 0 Å². The highest BCUT2D eigenvalue weighted by atomic mass is 19.4. The van der Waals surface area contributed by atoms with Gasteiger partial charge in [0.15, 0.2) is 6.61 Å². The van der Waals surface area contributed by atoms with Gasteiger partial charge in [-0.1, -0.05) is 0 Å². The van der Waals surface area contributed by atoms with Gasteiger partial charge in [0.05, 0.1) is 17.9 Å². The molecular formula is C18H15F4N3O2. The van der Waals surface area contributed by atoms with E-state index in [4.69, 9.17) is 0 Å². The first kappa shape index (κ1) is 18.7. The third-order valence-electron chi connectivity index (χ3n) is 3.78. The molecule has 0 radical (unpaired) electrons. The maximum atomic E-state index is 13.2. The van der Waals surface area contributed by atoms with Crippen LogP contribution in [0.1, 0.15) is 29.1 Å². The summed E-state index contributed by atoms with van der Waals surface area (Å²) in [5.41, 5.74) is 1.33. The molecule has 0 fully saturated rings. The Balaban J connectivity index is 1.65. The van der Waals surface area contributed by atoms with Crippen LogP contribution in [-0.2, 0) is 0 Å². The van der Waals surface area contributed by atoms with Gasteiger partial charge >= 0.3 is 6.18 Å². The topological polar surface area (TPSA) is 67.0 Å². The SMILES string of the molecule is C[C@@H](NC(=O)c1cc2cc(F)ccc2[nH]1)c1ccc(OCC(F)(F)F)cn1. The van der Waals surface area contributed by atoms with Crippen molar-refractivity contribution in [1.29, 1.82) is 0 Å². The van der Waals surface area contributed by atoms with Gasteiger partial charge in [-0.3, -0.25) is 9.78 Å². The van der Waals surface area contributed by atoms with Crippen molar-refractivity contribution >= 4 is 16.8 Å². The predicted molar refractivity (Wildman–Crippen MR) is 89.9 cm³/mol. The first-order valence-electron chi connectivity index (χ1n) is 7.96. The number of nitrogens with one attached hydrogen (secondary N) is 2. The maximum Gasteiger partial charge on any atom is 0.422 e. The van der Waals surface area contributed by atoms with Gasteiger partial charge in [-0.15, -0.1) is 0 Å². The number of aromatic nitrogens is 2. The molecule has 1 aromatic carbocycles. The molecule has 0 aliphatic rings. The molecule has 0 saturated heterocycles. The van der Waals surface area contributed by atoms with E-state index in [1.165, 1.54) is 36.4 Å². The summed E-state index contributed by atoms with van der Waals surface area (Å²) in [4.78, 5) is 19.3. The van der Waals surface area contributed by atoms with Crippen molar-refractivity contribution in [3.05, 3.63) is 59.8 Å². The molecular weight excluding hydrogens is 366 g/mol. The molecule has 2 heterocycles. The Labute approximate surface area is 151 Å². The number of halogens is 4. The molecule has 0 aliphatic carbocycles. The van der Waals surface area contributed by atoms with E-state index in [1.54, 1.807) is 6.92 Å². The summed E-state index contributed by atoms with van der Waals surface area (Å²) in [6, 6.07) is 7.98. The minimum absolute atomic E-state index is 0.0211. The number of benzene rings is 1. The van der Waals surface area contributed by atoms with Gasteiger partial charge in [-0.25, -0.2) is 4.39 Å². The van der Waals surface area contributed by atoms with Gasteiger partial charge < -0.3 is 15.0 Å². The van der Waals surface area contributed by atoms with E-state index in [9.17, 15) is 22.4 Å². The lowest BCUT2D eigenvalue weighted by Gasteiger charge is -2.14. The van der Waals surface area contributed by atoms with Crippen LogP contribution in [0, 0.1) is 5.82 Å². The minimum Gasteiger partial charge on any atom is -0.483 e. The van der Waals surface area contributed by atoms with Gasteiger partial charge in [-0.05, 0) is 43.3 Å². The molecule has 27 heavy (non-hydrogen) atoms. The normalized spacial score (nSPS) is 12.8. The minimum atomic E-state index is -4.43. The van der Waals surface area contributed by atoms with Crippen LogP contribution >= 0.6 is 0 Å². The number of amides is 1. The summed E-state index contributed by atoms with van der Waals surface area (Å²) in [5.74, 6) is -0.843. The lowest BCUT2D eigenvalue weighted by atomic mass is 10.2. The fourth-order valence-corrected chi connectivity index (χ4v) is 2.47. The van der Waals surface area contributed by atoms with Gasteiger partial charge in [0, 0.05) is 10.9 Å². The van der Waals surface area contributed by atoms with Crippen LogP contribution in [0.4, 0.5) is 17.6 Å². The van der Waals surface area contributed by atoms with Crippen LogP contribution in [0.5, 0.6) is 5.75 Å². The van der Waals surface area contributed by atoms with Gasteiger partial charge in [0.25, 0.3) is 5.91 Å². The fraction of sp³-hybridized carbons (Fsp3) is 0.222. The predicted octanol–water partition coefficient (Wildman–Crippen LogP) is 4.13. The number of pyridine rings is 1. The Hall–Kier alpha value is -3.10. The molecule has 2 aromatic heterocycles. The smallest absolute Gasteiger partial charge is 0.422 e. The summed E-state index contributed by atoms with van der Waals surface area (Å²) in [5, 5.41) is 3.28. The molecule has 0 aliphatic heterocycles. The number of nitrogens with zero attached hydrogens (tertiary/aromatic N) is 1. The first-order chi connectivity index (χ1) is 12.7. The molecule has 3 aromatic rings. The molecule has 3 rings (SSSR count). The Morgan fingerprint density at radius 1 is 1.26 bits per heavy atom. The number of carbonyl (C=O) groups is 1. The van der Waals surface area contributed by atoms with E-state index in [-0.39, 0.29) is 11.4 Å². The molecule has 2 N–H and O–H groups in total. The largest absolute Gasteiger partial charge is 0.483 e. The van der Waals surface area contributed by atoms with Crippen LogP contribution in [0.2, 0.25) is 0 Å². The average molecular weight is 381 g/mol. The molecule has 0 saturated carbocycles. The van der Waals surface area contributed by atoms with Gasteiger partial charge in [-0.2, -0.15) is 13.2 Å². The Kier molecular flexibility index (Phi) is 5.02. The number of hydrogen-bond acceptors (Lipinski definition) is 3. The summed E-state index contributed by atoms with van der Waals surface area (Å²) in [6.07, 6.45) is -3.27. The van der Waals surface area contributed by atoms with E-state index in [0.717, 1.165) is 6.20 Å². The number of rotatable bonds is 5. The van der Waals surface area contributed by atoms with E-state index in [2.05, 4.69) is 20.0 Å². The Morgan fingerprint density at radius 2 is 2.04 bits per heavy atom. The number of aromatic amines is 1. The molecule has 0 spiro atoms. The second kappa shape index (κ2) is 7.26. The van der Waals surface area contributed by atoms with Crippen molar-refractivity contribution in [2.75, 3.05) is 6.61 Å².